The second kappa shape index (κ2) is 10.6. The molecule has 1 aromatic carbocycles. The number of urea groups is 1. The summed E-state index contributed by atoms with van der Waals surface area (Å²) in [6.45, 7) is 0. The van der Waals surface area contributed by atoms with E-state index >= 15 is 0 Å². The van der Waals surface area contributed by atoms with Gasteiger partial charge in [0.05, 0.1) is 19.6 Å². The Kier molecular flexibility index (Phi) is 8.82. The lowest BCUT2D eigenvalue weighted by Crippen LogP contribution is -2.47. The SMILES string of the molecule is COC(=O)CC(NC(=O)N[C@@H](CCC(=O)O)C(=O)O)c1cccc(I)c1. The second-order valence-electron chi connectivity index (χ2n) is 5.33. The number of aliphatic carboxylic acids is 2. The predicted molar refractivity (Wildman–Crippen MR) is 98.5 cm³/mol. The average molecular weight is 478 g/mol. The van der Waals surface area contributed by atoms with Crippen LogP contribution in [-0.2, 0) is 19.1 Å². The van der Waals surface area contributed by atoms with Crippen LogP contribution in [0.2, 0.25) is 0 Å². The number of nitrogens with one attached hydrogen (secondary N) is 2. The number of hydrogen-bond donors (Lipinski definition) is 4. The average Bonchev–Trinajstić information content (AvgIpc) is 2.57. The fourth-order valence-electron chi connectivity index (χ4n) is 2.11. The number of carboxylic acid groups (broad SMARTS) is 2. The molecule has 0 fully saturated rings. The fraction of sp³-hybridized carbons (Fsp3) is 0.375. The minimum atomic E-state index is -1.36. The van der Waals surface area contributed by atoms with Crippen molar-refractivity contribution in [3.8, 4) is 0 Å². The van der Waals surface area contributed by atoms with Gasteiger partial charge in [-0.15, -0.1) is 0 Å². The van der Waals surface area contributed by atoms with E-state index in [4.69, 9.17) is 10.2 Å². The van der Waals surface area contributed by atoms with Crippen molar-refractivity contribution in [3.05, 3.63) is 33.4 Å². The van der Waals surface area contributed by atoms with Gasteiger partial charge >= 0.3 is 23.9 Å². The highest BCUT2D eigenvalue weighted by molar-refractivity contribution is 14.1. The van der Waals surface area contributed by atoms with E-state index in [9.17, 15) is 19.2 Å². The van der Waals surface area contributed by atoms with Crippen LogP contribution in [0.1, 0.15) is 30.9 Å². The van der Waals surface area contributed by atoms with Crippen molar-refractivity contribution in [2.75, 3.05) is 7.11 Å². The minimum absolute atomic E-state index is 0.142. The first-order chi connectivity index (χ1) is 12.2. The molecule has 9 nitrogen and oxygen atoms in total. The summed E-state index contributed by atoms with van der Waals surface area (Å²) in [4.78, 5) is 45.5. The highest BCUT2D eigenvalue weighted by Gasteiger charge is 2.24. The Hall–Kier alpha value is -2.37. The van der Waals surface area contributed by atoms with Crippen molar-refractivity contribution in [2.24, 2.45) is 0 Å². The summed E-state index contributed by atoms with van der Waals surface area (Å²) in [6.07, 6.45) is -0.806. The summed E-state index contributed by atoms with van der Waals surface area (Å²) in [5, 5.41) is 22.5. The number of benzene rings is 1. The first-order valence-electron chi connectivity index (χ1n) is 7.56. The number of methoxy groups -OCH3 is 1. The molecule has 4 N–H and O–H groups in total. The van der Waals surface area contributed by atoms with E-state index in [1.807, 2.05) is 6.07 Å². The Bertz CT molecular complexity index is 680. The number of amides is 2. The first-order valence-corrected chi connectivity index (χ1v) is 8.64. The van der Waals surface area contributed by atoms with Gasteiger partial charge in [-0.2, -0.15) is 0 Å². The van der Waals surface area contributed by atoms with Crippen LogP contribution < -0.4 is 10.6 Å². The van der Waals surface area contributed by atoms with Crippen LogP contribution in [0.15, 0.2) is 24.3 Å². The van der Waals surface area contributed by atoms with Crippen molar-refractivity contribution < 1.29 is 34.1 Å². The van der Waals surface area contributed by atoms with Gasteiger partial charge in [-0.25, -0.2) is 9.59 Å². The summed E-state index contributed by atoms with van der Waals surface area (Å²) >= 11 is 2.08. The fourth-order valence-corrected chi connectivity index (χ4v) is 2.68. The van der Waals surface area contributed by atoms with Crippen molar-refractivity contribution in [2.45, 2.75) is 31.3 Å². The molecule has 0 heterocycles. The maximum absolute atomic E-state index is 12.2. The number of esters is 1. The number of hydrogen-bond acceptors (Lipinski definition) is 5. The Morgan fingerprint density at radius 2 is 1.88 bits per heavy atom. The van der Waals surface area contributed by atoms with Gasteiger partial charge in [0, 0.05) is 9.99 Å². The van der Waals surface area contributed by atoms with Gasteiger partial charge in [0.1, 0.15) is 6.04 Å². The number of carbonyl (C=O) groups excluding carboxylic acids is 2. The van der Waals surface area contributed by atoms with E-state index in [1.165, 1.54) is 7.11 Å². The molecule has 0 saturated carbocycles. The highest BCUT2D eigenvalue weighted by Crippen LogP contribution is 2.19. The predicted octanol–water partition coefficient (Wildman–Crippen LogP) is 1.51. The van der Waals surface area contributed by atoms with Gasteiger partial charge in [-0.05, 0) is 46.7 Å². The van der Waals surface area contributed by atoms with Crippen LogP contribution in [0, 0.1) is 3.57 Å². The van der Waals surface area contributed by atoms with Crippen LogP contribution in [0.4, 0.5) is 4.79 Å². The third kappa shape index (κ3) is 7.68. The molecule has 142 valence electrons. The summed E-state index contributed by atoms with van der Waals surface area (Å²) in [5.41, 5.74) is 0.648. The summed E-state index contributed by atoms with van der Waals surface area (Å²) in [7, 11) is 1.22. The lowest BCUT2D eigenvalue weighted by molar-refractivity contribution is -0.142. The zero-order valence-corrected chi connectivity index (χ0v) is 16.1. The number of ether oxygens (including phenoxy) is 1. The van der Waals surface area contributed by atoms with Crippen LogP contribution in [0.25, 0.3) is 0 Å². The van der Waals surface area contributed by atoms with E-state index in [-0.39, 0.29) is 12.8 Å². The normalized spacial score (nSPS) is 12.5. The summed E-state index contributed by atoms with van der Waals surface area (Å²) < 4.78 is 5.52. The van der Waals surface area contributed by atoms with Crippen LogP contribution in [-0.4, -0.2) is 47.3 Å². The van der Waals surface area contributed by atoms with E-state index in [0.29, 0.717) is 5.56 Å². The van der Waals surface area contributed by atoms with Gasteiger partial charge < -0.3 is 25.6 Å². The van der Waals surface area contributed by atoms with Crippen molar-refractivity contribution in [1.29, 1.82) is 0 Å². The third-order valence-corrected chi connectivity index (χ3v) is 4.08. The third-order valence-electron chi connectivity index (χ3n) is 3.41. The number of rotatable bonds is 9. The van der Waals surface area contributed by atoms with Gasteiger partial charge in [0.2, 0.25) is 0 Å². The second-order valence-corrected chi connectivity index (χ2v) is 6.57. The minimum Gasteiger partial charge on any atom is -0.481 e. The van der Waals surface area contributed by atoms with Crippen LogP contribution >= 0.6 is 22.6 Å². The lowest BCUT2D eigenvalue weighted by Gasteiger charge is -2.21. The molecule has 0 aliphatic heterocycles. The smallest absolute Gasteiger partial charge is 0.326 e. The monoisotopic (exact) mass is 478 g/mol. The highest BCUT2D eigenvalue weighted by atomic mass is 127. The molecule has 10 heteroatoms. The van der Waals surface area contributed by atoms with Gasteiger partial charge in [0.15, 0.2) is 0 Å². The van der Waals surface area contributed by atoms with Crippen LogP contribution in [0.5, 0.6) is 0 Å². The number of halogens is 1. The molecule has 0 aliphatic rings. The molecule has 26 heavy (non-hydrogen) atoms. The molecular weight excluding hydrogens is 459 g/mol. The Labute approximate surface area is 163 Å². The molecule has 2 atom stereocenters. The Balaban J connectivity index is 2.84. The first kappa shape index (κ1) is 21.7. The van der Waals surface area contributed by atoms with Crippen molar-refractivity contribution in [1.82, 2.24) is 10.6 Å². The maximum atomic E-state index is 12.2. The summed E-state index contributed by atoms with van der Waals surface area (Å²) in [6, 6.07) is 4.17. The van der Waals surface area contributed by atoms with Crippen molar-refractivity contribution >= 4 is 46.5 Å². The van der Waals surface area contributed by atoms with Crippen molar-refractivity contribution in [3.63, 3.8) is 0 Å². The quantitative estimate of drug-likeness (QED) is 0.311. The lowest BCUT2D eigenvalue weighted by atomic mass is 10.0. The standard InChI is InChI=1S/C16H19IN2O7/c1-26-14(22)8-12(9-3-2-4-10(17)7-9)19-16(25)18-11(15(23)24)5-6-13(20)21/h2-4,7,11-12H,5-6,8H2,1H3,(H,20,21)(H,23,24)(H2,18,19,25)/t11-,12?/m0/s1. The summed E-state index contributed by atoms with van der Waals surface area (Å²) in [5.74, 6) is -3.06. The molecule has 2 amide bonds. The molecule has 1 rings (SSSR count). The largest absolute Gasteiger partial charge is 0.481 e. The van der Waals surface area contributed by atoms with E-state index < -0.39 is 42.4 Å². The number of carboxylic acids is 2. The van der Waals surface area contributed by atoms with E-state index in [2.05, 4.69) is 38.0 Å². The molecule has 0 radical (unpaired) electrons. The molecular formula is C16H19IN2O7. The Morgan fingerprint density at radius 3 is 2.42 bits per heavy atom. The van der Waals surface area contributed by atoms with Gasteiger partial charge in [-0.1, -0.05) is 12.1 Å². The van der Waals surface area contributed by atoms with Gasteiger partial charge in [0.25, 0.3) is 0 Å². The molecule has 0 saturated heterocycles. The molecule has 1 unspecified atom stereocenters. The zero-order chi connectivity index (χ0) is 19.7. The maximum Gasteiger partial charge on any atom is 0.326 e. The van der Waals surface area contributed by atoms with Gasteiger partial charge in [-0.3, -0.25) is 9.59 Å². The topological polar surface area (TPSA) is 142 Å². The molecule has 0 aromatic heterocycles. The Morgan fingerprint density at radius 1 is 1.19 bits per heavy atom. The van der Waals surface area contributed by atoms with E-state index in [0.717, 1.165) is 3.57 Å². The van der Waals surface area contributed by atoms with Crippen LogP contribution in [0.3, 0.4) is 0 Å². The zero-order valence-electron chi connectivity index (χ0n) is 13.9. The molecule has 0 aliphatic carbocycles. The number of carbonyl (C=O) groups is 4. The molecule has 1 aromatic rings. The molecule has 0 spiro atoms. The molecule has 0 bridgehead atoms. The van der Waals surface area contributed by atoms with E-state index in [1.54, 1.807) is 18.2 Å².